The van der Waals surface area contributed by atoms with Crippen molar-refractivity contribution in [2.45, 2.75) is 18.9 Å². The lowest BCUT2D eigenvalue weighted by Crippen LogP contribution is -2.47. The highest BCUT2D eigenvalue weighted by Gasteiger charge is 2.35. The van der Waals surface area contributed by atoms with Gasteiger partial charge in [-0.2, -0.15) is 0 Å². The molecule has 23 heavy (non-hydrogen) atoms. The Bertz CT molecular complexity index is 627. The van der Waals surface area contributed by atoms with Crippen molar-refractivity contribution < 1.29 is 19.5 Å². The van der Waals surface area contributed by atoms with Gasteiger partial charge in [0, 0.05) is 17.9 Å². The molecule has 2 fully saturated rings. The van der Waals surface area contributed by atoms with Crippen molar-refractivity contribution in [1.29, 1.82) is 0 Å². The molecular formula is C16H18N2O4S. The fraction of sp³-hybridized carbons (Fsp3) is 0.438. The van der Waals surface area contributed by atoms with Gasteiger partial charge in [0.2, 0.25) is 5.91 Å². The molecule has 1 aliphatic carbocycles. The van der Waals surface area contributed by atoms with E-state index in [9.17, 15) is 14.4 Å². The van der Waals surface area contributed by atoms with Crippen molar-refractivity contribution in [3.8, 4) is 0 Å². The van der Waals surface area contributed by atoms with E-state index >= 15 is 0 Å². The number of nitrogens with one attached hydrogen (secondary N) is 1. The summed E-state index contributed by atoms with van der Waals surface area (Å²) >= 11 is 1.55. The maximum Gasteiger partial charge on any atom is 0.335 e. The largest absolute Gasteiger partial charge is 0.478 e. The zero-order valence-corrected chi connectivity index (χ0v) is 13.3. The first-order valence-electron chi connectivity index (χ1n) is 7.56. The molecule has 1 aromatic rings. The Hall–Kier alpha value is -2.02. The summed E-state index contributed by atoms with van der Waals surface area (Å²) in [6, 6.07) is 5.34. The van der Waals surface area contributed by atoms with Gasteiger partial charge in [0.15, 0.2) is 0 Å². The molecule has 1 saturated carbocycles. The highest BCUT2D eigenvalue weighted by Crippen LogP contribution is 2.28. The van der Waals surface area contributed by atoms with Gasteiger partial charge in [-0.25, -0.2) is 4.79 Å². The molecule has 7 heteroatoms. The summed E-state index contributed by atoms with van der Waals surface area (Å²) in [5, 5.41) is 11.8. The van der Waals surface area contributed by atoms with E-state index in [2.05, 4.69) is 5.32 Å². The number of nitrogens with zero attached hydrogens (tertiary/aromatic N) is 1. The summed E-state index contributed by atoms with van der Waals surface area (Å²) < 4.78 is 0. The summed E-state index contributed by atoms with van der Waals surface area (Å²) in [4.78, 5) is 37.3. The van der Waals surface area contributed by atoms with E-state index in [1.165, 1.54) is 24.3 Å². The van der Waals surface area contributed by atoms with Crippen LogP contribution in [-0.2, 0) is 4.79 Å². The first kappa shape index (κ1) is 15.9. The number of rotatable bonds is 5. The minimum absolute atomic E-state index is 0.0996. The zero-order valence-electron chi connectivity index (χ0n) is 12.5. The van der Waals surface area contributed by atoms with Crippen LogP contribution in [0.2, 0.25) is 0 Å². The van der Waals surface area contributed by atoms with E-state index < -0.39 is 12.0 Å². The molecule has 1 heterocycles. The van der Waals surface area contributed by atoms with Gasteiger partial charge in [0.05, 0.1) is 11.4 Å². The number of aromatic carboxylic acids is 1. The molecule has 2 N–H and O–H groups in total. The maximum atomic E-state index is 12.6. The highest BCUT2D eigenvalue weighted by atomic mass is 32.2. The van der Waals surface area contributed by atoms with Gasteiger partial charge < -0.3 is 15.3 Å². The summed E-state index contributed by atoms with van der Waals surface area (Å²) in [6.45, 7) is 0.690. The van der Waals surface area contributed by atoms with Crippen LogP contribution in [0, 0.1) is 5.92 Å². The van der Waals surface area contributed by atoms with E-state index in [1.807, 2.05) is 0 Å². The van der Waals surface area contributed by atoms with Crippen LogP contribution in [0.4, 0.5) is 0 Å². The van der Waals surface area contributed by atoms with Gasteiger partial charge in [-0.3, -0.25) is 9.59 Å². The van der Waals surface area contributed by atoms with Crippen molar-refractivity contribution in [3.05, 3.63) is 35.4 Å². The van der Waals surface area contributed by atoms with Crippen molar-refractivity contribution in [3.63, 3.8) is 0 Å². The van der Waals surface area contributed by atoms with Crippen LogP contribution in [0.5, 0.6) is 0 Å². The molecule has 0 bridgehead atoms. The average Bonchev–Trinajstić information content (AvgIpc) is 3.26. The Morgan fingerprint density at radius 2 is 1.83 bits per heavy atom. The third kappa shape index (κ3) is 3.67. The normalized spacial score (nSPS) is 20.3. The first-order chi connectivity index (χ1) is 11.1. The summed E-state index contributed by atoms with van der Waals surface area (Å²) in [5.41, 5.74) is 0.536. The molecule has 6 nitrogen and oxygen atoms in total. The van der Waals surface area contributed by atoms with Crippen LogP contribution >= 0.6 is 11.8 Å². The number of carboxylic acids is 1. The predicted molar refractivity (Wildman–Crippen MR) is 86.4 cm³/mol. The van der Waals surface area contributed by atoms with E-state index in [1.54, 1.807) is 16.7 Å². The molecule has 1 unspecified atom stereocenters. The fourth-order valence-corrected chi connectivity index (χ4v) is 3.62. The minimum atomic E-state index is -1.03. The van der Waals surface area contributed by atoms with Gasteiger partial charge in [-0.05, 0) is 43.0 Å². The molecule has 1 saturated heterocycles. The topological polar surface area (TPSA) is 86.7 Å². The monoisotopic (exact) mass is 334 g/mol. The average molecular weight is 334 g/mol. The molecule has 0 spiro atoms. The highest BCUT2D eigenvalue weighted by molar-refractivity contribution is 7.99. The van der Waals surface area contributed by atoms with Crippen LogP contribution in [0.1, 0.15) is 33.6 Å². The Morgan fingerprint density at radius 1 is 1.17 bits per heavy atom. The first-order valence-corrected chi connectivity index (χ1v) is 8.71. The van der Waals surface area contributed by atoms with Crippen molar-refractivity contribution in [2.75, 3.05) is 18.2 Å². The molecule has 122 valence electrons. The second kappa shape index (κ2) is 6.62. The lowest BCUT2D eigenvalue weighted by atomic mass is 10.1. The Labute approximate surface area is 138 Å². The maximum absolute atomic E-state index is 12.6. The summed E-state index contributed by atoms with van der Waals surface area (Å²) in [5.74, 6) is 0.297. The third-order valence-corrected chi connectivity index (χ3v) is 5.10. The van der Waals surface area contributed by atoms with Gasteiger partial charge in [0.1, 0.15) is 6.04 Å². The number of hydrogen-bond donors (Lipinski definition) is 2. The molecule has 1 aliphatic heterocycles. The van der Waals surface area contributed by atoms with Crippen LogP contribution < -0.4 is 5.32 Å². The number of amides is 2. The van der Waals surface area contributed by atoms with Crippen molar-refractivity contribution in [1.82, 2.24) is 10.2 Å². The van der Waals surface area contributed by atoms with E-state index in [0.29, 0.717) is 29.7 Å². The van der Waals surface area contributed by atoms with E-state index in [4.69, 9.17) is 5.11 Å². The SMILES string of the molecule is O=C(O)c1ccc(C(=O)N2CSCC2C(=O)NCC2CC2)cc1. The Morgan fingerprint density at radius 3 is 2.43 bits per heavy atom. The van der Waals surface area contributed by atoms with Crippen molar-refractivity contribution in [2.24, 2.45) is 5.92 Å². The third-order valence-electron chi connectivity index (χ3n) is 4.09. The Balaban J connectivity index is 1.66. The van der Waals surface area contributed by atoms with Gasteiger partial charge in [0.25, 0.3) is 5.91 Å². The number of benzene rings is 1. The van der Waals surface area contributed by atoms with E-state index in [0.717, 1.165) is 12.8 Å². The summed E-state index contributed by atoms with van der Waals surface area (Å²) in [6.07, 6.45) is 2.33. The lowest BCUT2D eigenvalue weighted by molar-refractivity contribution is -0.124. The van der Waals surface area contributed by atoms with E-state index in [-0.39, 0.29) is 17.4 Å². The van der Waals surface area contributed by atoms with Gasteiger partial charge in [-0.15, -0.1) is 11.8 Å². The molecule has 3 rings (SSSR count). The molecule has 0 radical (unpaired) electrons. The van der Waals surface area contributed by atoms with Crippen LogP contribution in [-0.4, -0.2) is 52.0 Å². The Kier molecular flexibility index (Phi) is 4.56. The van der Waals surface area contributed by atoms with Crippen LogP contribution in [0.25, 0.3) is 0 Å². The number of hydrogen-bond acceptors (Lipinski definition) is 4. The molecule has 2 aliphatic rings. The van der Waals surface area contributed by atoms with Gasteiger partial charge >= 0.3 is 5.97 Å². The number of carbonyl (C=O) groups excluding carboxylic acids is 2. The number of carbonyl (C=O) groups is 3. The number of thioether (sulfide) groups is 1. The second-order valence-corrected chi connectivity index (χ2v) is 6.86. The van der Waals surface area contributed by atoms with Gasteiger partial charge in [-0.1, -0.05) is 0 Å². The fourth-order valence-electron chi connectivity index (χ4n) is 2.47. The molecule has 1 atom stereocenters. The quantitative estimate of drug-likeness (QED) is 0.850. The predicted octanol–water partition coefficient (Wildman–Crippen LogP) is 1.43. The summed E-state index contributed by atoms with van der Waals surface area (Å²) in [7, 11) is 0. The smallest absolute Gasteiger partial charge is 0.335 e. The van der Waals surface area contributed by atoms with Crippen molar-refractivity contribution >= 4 is 29.5 Å². The molecular weight excluding hydrogens is 316 g/mol. The van der Waals surface area contributed by atoms with Crippen LogP contribution in [0.3, 0.4) is 0 Å². The molecule has 2 amide bonds. The zero-order chi connectivity index (χ0) is 16.4. The lowest BCUT2D eigenvalue weighted by Gasteiger charge is -2.23. The second-order valence-electron chi connectivity index (χ2n) is 5.86. The molecule has 1 aromatic carbocycles. The molecule has 0 aromatic heterocycles. The standard InChI is InChI=1S/C16H18N2O4S/c19-14(17-7-10-1-2-10)13-8-23-9-18(13)15(20)11-3-5-12(6-4-11)16(21)22/h3-6,10,13H,1-2,7-9H2,(H,17,19)(H,21,22). The van der Waals surface area contributed by atoms with Crippen LogP contribution in [0.15, 0.2) is 24.3 Å². The minimum Gasteiger partial charge on any atom is -0.478 e. The number of carboxylic acid groups (broad SMARTS) is 1.